The Balaban J connectivity index is 1.87. The first-order chi connectivity index (χ1) is 9.75. The topological polar surface area (TPSA) is 71.2 Å². The van der Waals surface area contributed by atoms with Crippen LogP contribution in [0.1, 0.15) is 33.1 Å². The van der Waals surface area contributed by atoms with Crippen LogP contribution in [0.5, 0.6) is 0 Å². The molecule has 0 bridgehead atoms. The Bertz CT molecular complexity index is 565. The maximum absolute atomic E-state index is 4.26. The molecule has 1 aliphatic rings. The Hall–Kier alpha value is -1.76. The molecular weight excluding hydrogens is 254 g/mol. The number of nitrogens with one attached hydrogen (secondary N) is 1. The van der Waals surface area contributed by atoms with Crippen LogP contribution in [0.3, 0.4) is 0 Å². The van der Waals surface area contributed by atoms with Crippen molar-refractivity contribution in [1.82, 2.24) is 30.3 Å². The van der Waals surface area contributed by atoms with Gasteiger partial charge in [0.15, 0.2) is 11.5 Å². The fourth-order valence-corrected chi connectivity index (χ4v) is 2.74. The lowest BCUT2D eigenvalue weighted by molar-refractivity contribution is 0.416. The number of nitrogens with zero attached hydrogens (tertiary/aromatic N) is 6. The molecule has 1 unspecified atom stereocenters. The van der Waals surface area contributed by atoms with Gasteiger partial charge in [-0.25, -0.2) is 0 Å². The van der Waals surface area contributed by atoms with Crippen molar-refractivity contribution in [2.45, 2.75) is 45.2 Å². The minimum atomic E-state index is 0.475. The number of piperidine rings is 1. The van der Waals surface area contributed by atoms with E-state index in [0.717, 1.165) is 18.9 Å². The number of aromatic nitrogens is 5. The number of fused-ring (bicyclic) bond motifs is 1. The zero-order valence-corrected chi connectivity index (χ0v) is 12.0. The molecule has 1 fully saturated rings. The van der Waals surface area contributed by atoms with Gasteiger partial charge in [0.1, 0.15) is 0 Å². The fourth-order valence-electron chi connectivity index (χ4n) is 2.74. The van der Waals surface area contributed by atoms with Gasteiger partial charge in [0, 0.05) is 25.2 Å². The third kappa shape index (κ3) is 2.58. The lowest BCUT2D eigenvalue weighted by Crippen LogP contribution is -2.47. The van der Waals surface area contributed by atoms with Crippen LogP contribution in [0.4, 0.5) is 5.82 Å². The van der Waals surface area contributed by atoms with E-state index >= 15 is 0 Å². The number of tetrazole rings is 1. The van der Waals surface area contributed by atoms with Crippen molar-refractivity contribution in [3.05, 3.63) is 12.4 Å². The average Bonchev–Trinajstić information content (AvgIpc) is 2.93. The molecular formula is C13H21N7. The minimum absolute atomic E-state index is 0.475. The Morgan fingerprint density at radius 3 is 3.10 bits per heavy atom. The lowest BCUT2D eigenvalue weighted by Gasteiger charge is -2.37. The highest BCUT2D eigenvalue weighted by atomic mass is 15.5. The van der Waals surface area contributed by atoms with Crippen molar-refractivity contribution < 1.29 is 0 Å². The van der Waals surface area contributed by atoms with Gasteiger partial charge in [0.2, 0.25) is 0 Å². The molecule has 1 atom stereocenters. The van der Waals surface area contributed by atoms with Gasteiger partial charge in [-0.2, -0.15) is 4.52 Å². The van der Waals surface area contributed by atoms with E-state index in [4.69, 9.17) is 0 Å². The van der Waals surface area contributed by atoms with E-state index in [1.54, 1.807) is 10.7 Å². The maximum atomic E-state index is 4.26. The molecule has 2 aromatic heterocycles. The molecule has 0 saturated carbocycles. The monoisotopic (exact) mass is 275 g/mol. The number of hydrogen-bond donors (Lipinski definition) is 1. The molecule has 3 heterocycles. The molecule has 1 saturated heterocycles. The Labute approximate surface area is 118 Å². The summed E-state index contributed by atoms with van der Waals surface area (Å²) in [6.07, 6.45) is 7.22. The van der Waals surface area contributed by atoms with Crippen molar-refractivity contribution in [3.8, 4) is 0 Å². The van der Waals surface area contributed by atoms with Crippen LogP contribution in [0.15, 0.2) is 12.4 Å². The van der Waals surface area contributed by atoms with Gasteiger partial charge < -0.3 is 10.2 Å². The molecule has 0 radical (unpaired) electrons. The van der Waals surface area contributed by atoms with Crippen molar-refractivity contribution in [2.24, 2.45) is 0 Å². The highest BCUT2D eigenvalue weighted by Gasteiger charge is 2.25. The summed E-state index contributed by atoms with van der Waals surface area (Å²) in [6, 6.07) is 0.975. The summed E-state index contributed by atoms with van der Waals surface area (Å²) in [5.74, 6) is 0.989. The highest BCUT2D eigenvalue weighted by Crippen LogP contribution is 2.23. The van der Waals surface area contributed by atoms with Crippen LogP contribution in [0.25, 0.3) is 5.65 Å². The molecule has 20 heavy (non-hydrogen) atoms. The van der Waals surface area contributed by atoms with E-state index < -0.39 is 0 Å². The third-order valence-corrected chi connectivity index (χ3v) is 3.77. The van der Waals surface area contributed by atoms with Crippen LogP contribution in [0.2, 0.25) is 0 Å². The summed E-state index contributed by atoms with van der Waals surface area (Å²) in [7, 11) is 0. The van der Waals surface area contributed by atoms with Gasteiger partial charge in [-0.3, -0.25) is 4.98 Å². The lowest BCUT2D eigenvalue weighted by atomic mass is 10.0. The molecule has 0 spiro atoms. The summed E-state index contributed by atoms with van der Waals surface area (Å²) in [5, 5.41) is 15.3. The minimum Gasteiger partial charge on any atom is -0.351 e. The van der Waals surface area contributed by atoms with E-state index in [-0.39, 0.29) is 0 Å². The summed E-state index contributed by atoms with van der Waals surface area (Å²) >= 11 is 0. The average molecular weight is 275 g/mol. The fraction of sp³-hybridized carbons (Fsp3) is 0.692. The second kappa shape index (κ2) is 5.70. The molecule has 0 aliphatic carbocycles. The molecule has 0 amide bonds. The van der Waals surface area contributed by atoms with E-state index in [1.807, 2.05) is 6.20 Å². The van der Waals surface area contributed by atoms with Crippen LogP contribution in [0, 0.1) is 0 Å². The summed E-state index contributed by atoms with van der Waals surface area (Å²) < 4.78 is 1.78. The summed E-state index contributed by atoms with van der Waals surface area (Å²) in [6.45, 7) is 6.37. The van der Waals surface area contributed by atoms with Crippen molar-refractivity contribution in [3.63, 3.8) is 0 Å². The molecule has 1 aliphatic heterocycles. The second-order valence-electron chi connectivity index (χ2n) is 5.62. The second-order valence-corrected chi connectivity index (χ2v) is 5.62. The number of hydrogen-bond acceptors (Lipinski definition) is 6. The molecule has 0 aromatic carbocycles. The SMILES string of the molecule is CC(C)NCC1CCCCN1c1cncc2nnnn12. The van der Waals surface area contributed by atoms with Crippen LogP contribution >= 0.6 is 0 Å². The van der Waals surface area contributed by atoms with Gasteiger partial charge in [-0.15, -0.1) is 5.10 Å². The first-order valence-electron chi connectivity index (χ1n) is 7.28. The van der Waals surface area contributed by atoms with Crippen molar-refractivity contribution >= 4 is 11.5 Å². The molecule has 1 N–H and O–H groups in total. The van der Waals surface area contributed by atoms with Gasteiger partial charge >= 0.3 is 0 Å². The Morgan fingerprint density at radius 1 is 1.35 bits per heavy atom. The number of anilines is 1. The van der Waals surface area contributed by atoms with Crippen LogP contribution < -0.4 is 10.2 Å². The molecule has 2 aromatic rings. The quantitative estimate of drug-likeness (QED) is 0.893. The molecule has 3 rings (SSSR count). The van der Waals surface area contributed by atoms with Gasteiger partial charge in [-0.1, -0.05) is 13.8 Å². The van der Waals surface area contributed by atoms with Crippen LogP contribution in [-0.4, -0.2) is 50.2 Å². The standard InChI is InChI=1S/C13H21N7/c1-10(2)15-7-11-5-3-4-6-19(11)13-9-14-8-12-16-17-18-20(12)13/h8-11,15H,3-7H2,1-2H3. The summed E-state index contributed by atoms with van der Waals surface area (Å²) in [5.41, 5.74) is 0.698. The first-order valence-corrected chi connectivity index (χ1v) is 7.28. The van der Waals surface area contributed by atoms with E-state index in [9.17, 15) is 0 Å². The Morgan fingerprint density at radius 2 is 2.25 bits per heavy atom. The van der Waals surface area contributed by atoms with Crippen LogP contribution in [-0.2, 0) is 0 Å². The Kier molecular flexibility index (Phi) is 3.77. The number of rotatable bonds is 4. The predicted octanol–water partition coefficient (Wildman–Crippen LogP) is 0.876. The first kappa shape index (κ1) is 13.2. The van der Waals surface area contributed by atoms with E-state index in [0.29, 0.717) is 17.7 Å². The molecule has 7 nitrogen and oxygen atoms in total. The predicted molar refractivity (Wildman–Crippen MR) is 76.7 cm³/mol. The molecule has 7 heteroatoms. The summed E-state index contributed by atoms with van der Waals surface area (Å²) in [4.78, 5) is 6.65. The van der Waals surface area contributed by atoms with Gasteiger partial charge in [-0.05, 0) is 29.7 Å². The van der Waals surface area contributed by atoms with Gasteiger partial charge in [0.05, 0.1) is 12.4 Å². The zero-order chi connectivity index (χ0) is 13.9. The third-order valence-electron chi connectivity index (χ3n) is 3.77. The van der Waals surface area contributed by atoms with Crippen molar-refractivity contribution in [1.29, 1.82) is 0 Å². The van der Waals surface area contributed by atoms with E-state index in [1.165, 1.54) is 19.3 Å². The van der Waals surface area contributed by atoms with Crippen molar-refractivity contribution in [2.75, 3.05) is 18.0 Å². The smallest absolute Gasteiger partial charge is 0.199 e. The highest BCUT2D eigenvalue weighted by molar-refractivity contribution is 5.47. The van der Waals surface area contributed by atoms with Gasteiger partial charge in [0.25, 0.3) is 0 Å². The zero-order valence-electron chi connectivity index (χ0n) is 12.0. The normalized spacial score (nSPS) is 19.9. The molecule has 108 valence electrons. The van der Waals surface area contributed by atoms with E-state index in [2.05, 4.69) is 44.6 Å². The maximum Gasteiger partial charge on any atom is 0.199 e. The largest absolute Gasteiger partial charge is 0.351 e.